The number of aromatic nitrogens is 4. The standard InChI is InChI=1S/C25H29N5O2S/c1-4-22(24(31)26-17-10-6-7-11-17)33-25-28-27-23(30(25)18-12-8-5-9-16(18)2)20-15-21-19(29(20)3)13-14-32-21/h5,8-9,12-15,17,22H,4,6-7,10-11H2,1-3H3,(H,26,31). The second-order valence-corrected chi connectivity index (χ2v) is 9.86. The van der Waals surface area contributed by atoms with Gasteiger partial charge < -0.3 is 14.3 Å². The number of nitrogens with one attached hydrogen (secondary N) is 1. The number of hydrogen-bond donors (Lipinski definition) is 1. The van der Waals surface area contributed by atoms with Gasteiger partial charge in [0.2, 0.25) is 5.91 Å². The topological polar surface area (TPSA) is 77.9 Å². The summed E-state index contributed by atoms with van der Waals surface area (Å²) in [7, 11) is 2.00. The van der Waals surface area contributed by atoms with E-state index in [9.17, 15) is 4.79 Å². The number of nitrogens with zero attached hydrogens (tertiary/aromatic N) is 4. The predicted molar refractivity (Wildman–Crippen MR) is 131 cm³/mol. The molecule has 1 saturated carbocycles. The predicted octanol–water partition coefficient (Wildman–Crippen LogP) is 5.26. The van der Waals surface area contributed by atoms with Gasteiger partial charge in [0.1, 0.15) is 0 Å². The average molecular weight is 464 g/mol. The highest BCUT2D eigenvalue weighted by molar-refractivity contribution is 8.00. The molecule has 0 radical (unpaired) electrons. The quantitative estimate of drug-likeness (QED) is 0.379. The SMILES string of the molecule is CCC(Sc1nnc(-c2cc3occc3n2C)n1-c1ccccc1C)C(=O)NC1CCCC1. The van der Waals surface area contributed by atoms with Gasteiger partial charge in [0.05, 0.1) is 28.4 Å². The summed E-state index contributed by atoms with van der Waals surface area (Å²) in [6.45, 7) is 4.13. The lowest BCUT2D eigenvalue weighted by atomic mass is 10.2. The van der Waals surface area contributed by atoms with E-state index in [2.05, 4.69) is 43.7 Å². The second-order valence-electron chi connectivity index (χ2n) is 8.69. The molecular weight excluding hydrogens is 434 g/mol. The molecule has 1 atom stereocenters. The Morgan fingerprint density at radius 3 is 2.76 bits per heavy atom. The Labute approximate surface area is 197 Å². The number of benzene rings is 1. The van der Waals surface area contributed by atoms with Crippen LogP contribution in [0.2, 0.25) is 0 Å². The minimum absolute atomic E-state index is 0.0895. The van der Waals surface area contributed by atoms with Crippen LogP contribution in [-0.4, -0.2) is 36.5 Å². The smallest absolute Gasteiger partial charge is 0.233 e. The van der Waals surface area contributed by atoms with Gasteiger partial charge in [-0.25, -0.2) is 0 Å². The van der Waals surface area contributed by atoms with Crippen molar-refractivity contribution in [2.75, 3.05) is 0 Å². The number of hydrogen-bond acceptors (Lipinski definition) is 5. The van der Waals surface area contributed by atoms with Crippen LogP contribution < -0.4 is 5.32 Å². The van der Waals surface area contributed by atoms with E-state index in [-0.39, 0.29) is 11.2 Å². The Morgan fingerprint density at radius 2 is 2.03 bits per heavy atom. The molecule has 1 unspecified atom stereocenters. The molecular formula is C25H29N5O2S. The van der Waals surface area contributed by atoms with Crippen LogP contribution in [0.15, 0.2) is 52.2 Å². The lowest BCUT2D eigenvalue weighted by Gasteiger charge is -2.19. The first-order valence-electron chi connectivity index (χ1n) is 11.6. The normalized spacial score (nSPS) is 15.4. The molecule has 3 aromatic heterocycles. The highest BCUT2D eigenvalue weighted by Crippen LogP contribution is 2.34. The van der Waals surface area contributed by atoms with Crippen molar-refractivity contribution >= 4 is 28.8 Å². The van der Waals surface area contributed by atoms with Crippen molar-refractivity contribution in [2.24, 2.45) is 7.05 Å². The van der Waals surface area contributed by atoms with Crippen LogP contribution in [0.5, 0.6) is 0 Å². The summed E-state index contributed by atoms with van der Waals surface area (Å²) < 4.78 is 9.75. The van der Waals surface area contributed by atoms with Crippen molar-refractivity contribution in [3.05, 3.63) is 48.2 Å². The summed E-state index contributed by atoms with van der Waals surface area (Å²) in [4.78, 5) is 13.1. The number of thioether (sulfide) groups is 1. The van der Waals surface area contributed by atoms with E-state index in [1.165, 1.54) is 24.6 Å². The lowest BCUT2D eigenvalue weighted by Crippen LogP contribution is -2.38. The fraction of sp³-hybridized carbons (Fsp3) is 0.400. The Balaban J connectivity index is 1.54. The molecule has 1 amide bonds. The van der Waals surface area contributed by atoms with Crippen molar-refractivity contribution in [1.29, 1.82) is 0 Å². The number of aryl methyl sites for hydroxylation is 2. The van der Waals surface area contributed by atoms with E-state index < -0.39 is 0 Å². The zero-order valence-corrected chi connectivity index (χ0v) is 20.1. The summed E-state index contributed by atoms with van der Waals surface area (Å²) in [6, 6.07) is 12.4. The van der Waals surface area contributed by atoms with Gasteiger partial charge in [-0.05, 0) is 37.8 Å². The van der Waals surface area contributed by atoms with Crippen molar-refractivity contribution < 1.29 is 9.21 Å². The van der Waals surface area contributed by atoms with Gasteiger partial charge in [-0.15, -0.1) is 10.2 Å². The minimum Gasteiger partial charge on any atom is -0.463 e. The van der Waals surface area contributed by atoms with Gasteiger partial charge in [0.15, 0.2) is 16.6 Å². The van der Waals surface area contributed by atoms with E-state index >= 15 is 0 Å². The molecule has 1 N–H and O–H groups in total. The highest BCUT2D eigenvalue weighted by Gasteiger charge is 2.27. The maximum atomic E-state index is 13.1. The molecule has 0 aliphatic heterocycles. The van der Waals surface area contributed by atoms with Gasteiger partial charge in [-0.3, -0.25) is 9.36 Å². The van der Waals surface area contributed by atoms with Crippen molar-refractivity contribution in [3.63, 3.8) is 0 Å². The highest BCUT2D eigenvalue weighted by atomic mass is 32.2. The van der Waals surface area contributed by atoms with Crippen LogP contribution in [-0.2, 0) is 11.8 Å². The van der Waals surface area contributed by atoms with Gasteiger partial charge in [-0.2, -0.15) is 0 Å². The molecule has 1 aliphatic rings. The fourth-order valence-corrected chi connectivity index (χ4v) is 5.60. The monoisotopic (exact) mass is 463 g/mol. The van der Waals surface area contributed by atoms with Crippen LogP contribution in [0.4, 0.5) is 0 Å². The number of carbonyl (C=O) groups is 1. The number of carbonyl (C=O) groups excluding carboxylic acids is 1. The number of fused-ring (bicyclic) bond motifs is 1. The summed E-state index contributed by atoms with van der Waals surface area (Å²) in [5, 5.41) is 12.9. The van der Waals surface area contributed by atoms with Crippen LogP contribution in [0.3, 0.4) is 0 Å². The summed E-state index contributed by atoms with van der Waals surface area (Å²) in [6.07, 6.45) is 6.95. The molecule has 1 aliphatic carbocycles. The van der Waals surface area contributed by atoms with E-state index in [4.69, 9.17) is 4.42 Å². The maximum Gasteiger partial charge on any atom is 0.233 e. The van der Waals surface area contributed by atoms with Crippen LogP contribution in [0.25, 0.3) is 28.3 Å². The minimum atomic E-state index is -0.227. The third kappa shape index (κ3) is 4.08. The van der Waals surface area contributed by atoms with Gasteiger partial charge >= 0.3 is 0 Å². The van der Waals surface area contributed by atoms with Crippen molar-refractivity contribution in [1.82, 2.24) is 24.6 Å². The van der Waals surface area contributed by atoms with Crippen LogP contribution in [0.1, 0.15) is 44.6 Å². The third-order valence-electron chi connectivity index (χ3n) is 6.50. The Bertz CT molecular complexity index is 1280. The molecule has 172 valence electrons. The Kier molecular flexibility index (Phi) is 6.01. The second kappa shape index (κ2) is 9.09. The number of para-hydroxylation sites is 1. The zero-order chi connectivity index (χ0) is 22.9. The van der Waals surface area contributed by atoms with Gasteiger partial charge in [0, 0.05) is 25.2 Å². The lowest BCUT2D eigenvalue weighted by molar-refractivity contribution is -0.121. The third-order valence-corrected chi connectivity index (χ3v) is 7.80. The summed E-state index contributed by atoms with van der Waals surface area (Å²) in [5.41, 5.74) is 4.84. The molecule has 1 fully saturated rings. The molecule has 0 bridgehead atoms. The molecule has 4 aromatic rings. The molecule has 0 saturated heterocycles. The first kappa shape index (κ1) is 21.8. The first-order valence-corrected chi connectivity index (χ1v) is 12.5. The Hall–Kier alpha value is -3.00. The number of amides is 1. The molecule has 33 heavy (non-hydrogen) atoms. The molecule has 3 heterocycles. The van der Waals surface area contributed by atoms with Crippen molar-refractivity contribution in [2.45, 2.75) is 62.4 Å². The van der Waals surface area contributed by atoms with Gasteiger partial charge in [-0.1, -0.05) is 49.7 Å². The molecule has 5 rings (SSSR count). The van der Waals surface area contributed by atoms with Crippen molar-refractivity contribution in [3.8, 4) is 17.2 Å². The average Bonchev–Trinajstić information content (AvgIpc) is 3.59. The summed E-state index contributed by atoms with van der Waals surface area (Å²) >= 11 is 1.49. The fourth-order valence-electron chi connectivity index (χ4n) is 4.62. The largest absolute Gasteiger partial charge is 0.463 e. The zero-order valence-electron chi connectivity index (χ0n) is 19.2. The number of rotatable bonds is 7. The maximum absolute atomic E-state index is 13.1. The molecule has 7 nitrogen and oxygen atoms in total. The molecule has 1 aromatic carbocycles. The Morgan fingerprint density at radius 1 is 1.24 bits per heavy atom. The molecule has 0 spiro atoms. The van der Waals surface area contributed by atoms with Gasteiger partial charge in [0.25, 0.3) is 0 Å². The van der Waals surface area contributed by atoms with E-state index in [0.29, 0.717) is 11.2 Å². The van der Waals surface area contributed by atoms with Crippen LogP contribution in [0, 0.1) is 6.92 Å². The van der Waals surface area contributed by atoms with E-state index in [1.54, 1.807) is 6.26 Å². The van der Waals surface area contributed by atoms with E-state index in [0.717, 1.165) is 53.1 Å². The van der Waals surface area contributed by atoms with E-state index in [1.807, 2.05) is 38.2 Å². The molecule has 8 heteroatoms. The number of furan rings is 1. The van der Waals surface area contributed by atoms with Crippen LogP contribution >= 0.6 is 11.8 Å². The summed E-state index contributed by atoms with van der Waals surface area (Å²) in [5.74, 6) is 0.818. The first-order chi connectivity index (χ1) is 16.1.